The van der Waals surface area contributed by atoms with E-state index in [1.165, 1.54) is 19.3 Å². The lowest BCUT2D eigenvalue weighted by molar-refractivity contribution is 0.237. The molecule has 14 heavy (non-hydrogen) atoms. The summed E-state index contributed by atoms with van der Waals surface area (Å²) in [5.74, 6) is 0. The van der Waals surface area contributed by atoms with E-state index in [0.717, 1.165) is 18.7 Å². The molecular weight excluding hydrogens is 176 g/mol. The van der Waals surface area contributed by atoms with Crippen molar-refractivity contribution >= 4 is 5.69 Å². The van der Waals surface area contributed by atoms with E-state index in [1.807, 2.05) is 19.4 Å². The van der Waals surface area contributed by atoms with Crippen LogP contribution in [0.15, 0.2) is 12.4 Å². The predicted octanol–water partition coefficient (Wildman–Crippen LogP) is 1.10. The summed E-state index contributed by atoms with van der Waals surface area (Å²) in [6.45, 7) is 0.947. The monoisotopic (exact) mass is 194 g/mol. The first kappa shape index (κ1) is 9.52. The number of aromatic nitrogens is 2. The molecule has 0 aliphatic heterocycles. The molecule has 1 aliphatic carbocycles. The standard InChI is InChI=1S/C10H18N4/c1-14-8-9(7-13-14)12-6-5-10(11)3-2-4-10/h7-8,12H,2-6,11H2,1H3. The molecule has 0 atom stereocenters. The summed E-state index contributed by atoms with van der Waals surface area (Å²) in [6, 6.07) is 0. The highest BCUT2D eigenvalue weighted by atomic mass is 15.3. The van der Waals surface area contributed by atoms with Gasteiger partial charge in [-0.25, -0.2) is 0 Å². The lowest BCUT2D eigenvalue weighted by Gasteiger charge is -2.38. The van der Waals surface area contributed by atoms with Crippen LogP contribution in [0.3, 0.4) is 0 Å². The number of nitrogens with one attached hydrogen (secondary N) is 1. The molecular formula is C10H18N4. The molecule has 0 amide bonds. The number of aryl methyl sites for hydroxylation is 1. The SMILES string of the molecule is Cn1cc(NCCC2(N)CCC2)cn1. The van der Waals surface area contributed by atoms with Crippen LogP contribution >= 0.6 is 0 Å². The first-order valence-electron chi connectivity index (χ1n) is 5.19. The quantitative estimate of drug-likeness (QED) is 0.754. The van der Waals surface area contributed by atoms with Gasteiger partial charge in [0.1, 0.15) is 0 Å². The summed E-state index contributed by atoms with van der Waals surface area (Å²) in [5.41, 5.74) is 7.31. The van der Waals surface area contributed by atoms with Crippen molar-refractivity contribution in [1.82, 2.24) is 9.78 Å². The van der Waals surface area contributed by atoms with Gasteiger partial charge >= 0.3 is 0 Å². The molecule has 4 nitrogen and oxygen atoms in total. The molecule has 3 N–H and O–H groups in total. The third-order valence-corrected chi connectivity index (χ3v) is 3.01. The van der Waals surface area contributed by atoms with Gasteiger partial charge in [-0.15, -0.1) is 0 Å². The lowest BCUT2D eigenvalue weighted by Crippen LogP contribution is -2.47. The topological polar surface area (TPSA) is 55.9 Å². The maximum absolute atomic E-state index is 6.11. The number of hydrogen-bond donors (Lipinski definition) is 2. The Hall–Kier alpha value is -1.03. The van der Waals surface area contributed by atoms with E-state index < -0.39 is 0 Å². The second-order valence-electron chi connectivity index (χ2n) is 4.30. The fraction of sp³-hybridized carbons (Fsp3) is 0.700. The zero-order valence-corrected chi connectivity index (χ0v) is 8.66. The predicted molar refractivity (Wildman–Crippen MR) is 57.1 cm³/mol. The number of nitrogens with two attached hydrogens (primary N) is 1. The van der Waals surface area contributed by atoms with Crippen LogP contribution in [0.5, 0.6) is 0 Å². The Balaban J connectivity index is 1.72. The van der Waals surface area contributed by atoms with Crippen molar-refractivity contribution in [3.8, 4) is 0 Å². The van der Waals surface area contributed by atoms with E-state index >= 15 is 0 Å². The van der Waals surface area contributed by atoms with Gasteiger partial charge in [-0.3, -0.25) is 4.68 Å². The molecule has 1 fully saturated rings. The first-order valence-corrected chi connectivity index (χ1v) is 5.19. The highest BCUT2D eigenvalue weighted by Gasteiger charge is 2.31. The van der Waals surface area contributed by atoms with Crippen molar-refractivity contribution in [2.24, 2.45) is 12.8 Å². The summed E-state index contributed by atoms with van der Waals surface area (Å²) < 4.78 is 1.80. The molecule has 0 aromatic carbocycles. The minimum atomic E-state index is 0.120. The normalized spacial score (nSPS) is 19.0. The Kier molecular flexibility index (Phi) is 2.46. The average Bonchev–Trinajstić information content (AvgIpc) is 2.49. The lowest BCUT2D eigenvalue weighted by atomic mass is 9.75. The van der Waals surface area contributed by atoms with E-state index in [9.17, 15) is 0 Å². The molecule has 0 spiro atoms. The van der Waals surface area contributed by atoms with Crippen LogP contribution in [-0.4, -0.2) is 21.9 Å². The Labute approximate surface area is 84.5 Å². The number of hydrogen-bond acceptors (Lipinski definition) is 3. The molecule has 1 aliphatic rings. The molecule has 1 aromatic heterocycles. The van der Waals surface area contributed by atoms with Gasteiger partial charge in [0.2, 0.25) is 0 Å². The van der Waals surface area contributed by atoms with E-state index in [2.05, 4.69) is 10.4 Å². The zero-order valence-electron chi connectivity index (χ0n) is 8.66. The fourth-order valence-corrected chi connectivity index (χ4v) is 1.85. The van der Waals surface area contributed by atoms with Crippen LogP contribution in [0.2, 0.25) is 0 Å². The highest BCUT2D eigenvalue weighted by Crippen LogP contribution is 2.31. The van der Waals surface area contributed by atoms with Crippen molar-refractivity contribution in [1.29, 1.82) is 0 Å². The Morgan fingerprint density at radius 3 is 2.93 bits per heavy atom. The molecule has 2 rings (SSSR count). The minimum Gasteiger partial charge on any atom is -0.382 e. The Morgan fingerprint density at radius 1 is 1.64 bits per heavy atom. The van der Waals surface area contributed by atoms with Gasteiger partial charge in [-0.2, -0.15) is 5.10 Å². The second-order valence-corrected chi connectivity index (χ2v) is 4.30. The molecule has 78 valence electrons. The molecule has 1 aromatic rings. The molecule has 1 heterocycles. The summed E-state index contributed by atoms with van der Waals surface area (Å²) in [6.07, 6.45) is 8.53. The number of nitrogens with zero attached hydrogens (tertiary/aromatic N) is 2. The molecule has 0 saturated heterocycles. The number of rotatable bonds is 4. The average molecular weight is 194 g/mol. The third-order valence-electron chi connectivity index (χ3n) is 3.01. The van der Waals surface area contributed by atoms with Crippen LogP contribution in [0.1, 0.15) is 25.7 Å². The second kappa shape index (κ2) is 3.61. The smallest absolute Gasteiger partial charge is 0.0726 e. The summed E-state index contributed by atoms with van der Waals surface area (Å²) >= 11 is 0. The van der Waals surface area contributed by atoms with E-state index in [-0.39, 0.29) is 5.54 Å². The maximum atomic E-state index is 6.11. The molecule has 0 radical (unpaired) electrons. The largest absolute Gasteiger partial charge is 0.382 e. The van der Waals surface area contributed by atoms with Gasteiger partial charge in [0.15, 0.2) is 0 Å². The molecule has 1 saturated carbocycles. The highest BCUT2D eigenvalue weighted by molar-refractivity contribution is 5.37. The van der Waals surface area contributed by atoms with E-state index in [4.69, 9.17) is 5.73 Å². The van der Waals surface area contributed by atoms with Gasteiger partial charge in [0.25, 0.3) is 0 Å². The molecule has 0 unspecified atom stereocenters. The Morgan fingerprint density at radius 2 is 2.43 bits per heavy atom. The maximum Gasteiger partial charge on any atom is 0.0726 e. The van der Waals surface area contributed by atoms with Crippen LogP contribution in [-0.2, 0) is 7.05 Å². The van der Waals surface area contributed by atoms with E-state index in [1.54, 1.807) is 4.68 Å². The van der Waals surface area contributed by atoms with Crippen molar-refractivity contribution in [3.63, 3.8) is 0 Å². The van der Waals surface area contributed by atoms with Crippen molar-refractivity contribution in [3.05, 3.63) is 12.4 Å². The Bertz CT molecular complexity index is 301. The minimum absolute atomic E-state index is 0.120. The van der Waals surface area contributed by atoms with Gasteiger partial charge in [0, 0.05) is 25.3 Å². The van der Waals surface area contributed by atoms with Gasteiger partial charge in [-0.1, -0.05) is 0 Å². The summed E-state index contributed by atoms with van der Waals surface area (Å²) in [5, 5.41) is 7.42. The fourth-order valence-electron chi connectivity index (χ4n) is 1.85. The zero-order chi connectivity index (χ0) is 10.0. The van der Waals surface area contributed by atoms with Crippen molar-refractivity contribution in [2.45, 2.75) is 31.2 Å². The van der Waals surface area contributed by atoms with Gasteiger partial charge in [0.05, 0.1) is 11.9 Å². The van der Waals surface area contributed by atoms with Crippen LogP contribution in [0.25, 0.3) is 0 Å². The molecule has 4 heteroatoms. The first-order chi connectivity index (χ1) is 6.68. The van der Waals surface area contributed by atoms with Crippen molar-refractivity contribution in [2.75, 3.05) is 11.9 Å². The summed E-state index contributed by atoms with van der Waals surface area (Å²) in [4.78, 5) is 0. The summed E-state index contributed by atoms with van der Waals surface area (Å²) in [7, 11) is 1.92. The van der Waals surface area contributed by atoms with E-state index in [0.29, 0.717) is 0 Å². The van der Waals surface area contributed by atoms with Crippen LogP contribution in [0, 0.1) is 0 Å². The van der Waals surface area contributed by atoms with Crippen LogP contribution < -0.4 is 11.1 Å². The van der Waals surface area contributed by atoms with Crippen LogP contribution in [0.4, 0.5) is 5.69 Å². The van der Waals surface area contributed by atoms with Crippen molar-refractivity contribution < 1.29 is 0 Å². The van der Waals surface area contributed by atoms with Gasteiger partial charge < -0.3 is 11.1 Å². The number of anilines is 1. The molecule has 0 bridgehead atoms. The third kappa shape index (κ3) is 2.07. The van der Waals surface area contributed by atoms with Gasteiger partial charge in [-0.05, 0) is 25.7 Å².